The third-order valence-corrected chi connectivity index (χ3v) is 5.60. The molecule has 1 saturated carbocycles. The molecule has 1 aliphatic carbocycles. The van der Waals surface area contributed by atoms with Gasteiger partial charge in [0.25, 0.3) is 0 Å². The zero-order valence-corrected chi connectivity index (χ0v) is 14.4. The summed E-state index contributed by atoms with van der Waals surface area (Å²) in [5, 5.41) is 10.1. The number of rotatable bonds is 3. The van der Waals surface area contributed by atoms with Crippen molar-refractivity contribution in [3.05, 3.63) is 41.2 Å². The number of amides is 1. The lowest BCUT2D eigenvalue weighted by molar-refractivity contribution is -0.115. The van der Waals surface area contributed by atoms with Crippen molar-refractivity contribution in [3.63, 3.8) is 0 Å². The second kappa shape index (κ2) is 5.65. The molecule has 0 atom stereocenters. The van der Waals surface area contributed by atoms with Crippen LogP contribution in [0.15, 0.2) is 24.3 Å². The lowest BCUT2D eigenvalue weighted by Crippen LogP contribution is -2.36. The quantitative estimate of drug-likeness (QED) is 0.910. The fourth-order valence-corrected chi connectivity index (χ4v) is 4.44. The van der Waals surface area contributed by atoms with Gasteiger partial charge in [-0.2, -0.15) is 5.10 Å². The summed E-state index contributed by atoms with van der Waals surface area (Å²) in [7, 11) is 0. The fourth-order valence-electron chi connectivity index (χ4n) is 4.44. The number of hydrogen-bond acceptors (Lipinski definition) is 3. The van der Waals surface area contributed by atoms with Crippen molar-refractivity contribution in [3.8, 4) is 0 Å². The normalized spacial score (nSPS) is 18.2. The van der Waals surface area contributed by atoms with Crippen LogP contribution in [0.1, 0.15) is 42.6 Å². The molecule has 0 saturated heterocycles. The zero-order chi connectivity index (χ0) is 16.7. The average Bonchev–Trinajstić information content (AvgIpc) is 3.25. The molecule has 1 aromatic heterocycles. The zero-order valence-electron chi connectivity index (χ0n) is 14.4. The van der Waals surface area contributed by atoms with Gasteiger partial charge in [0.1, 0.15) is 0 Å². The van der Waals surface area contributed by atoms with Gasteiger partial charge in [-0.15, -0.1) is 0 Å². The maximum Gasteiger partial charge on any atom is 0.243 e. The highest BCUT2D eigenvalue weighted by Gasteiger charge is 2.44. The van der Waals surface area contributed by atoms with Crippen molar-refractivity contribution in [2.24, 2.45) is 0 Å². The van der Waals surface area contributed by atoms with Crippen LogP contribution < -0.4 is 10.2 Å². The first kappa shape index (κ1) is 15.2. The van der Waals surface area contributed by atoms with Crippen LogP contribution in [0.2, 0.25) is 0 Å². The van der Waals surface area contributed by atoms with Gasteiger partial charge in [0.15, 0.2) is 0 Å². The molecule has 0 radical (unpaired) electrons. The molecule has 1 aliphatic heterocycles. The number of hydrogen-bond donors (Lipinski definition) is 2. The van der Waals surface area contributed by atoms with E-state index in [9.17, 15) is 4.79 Å². The lowest BCUT2D eigenvalue weighted by atomic mass is 9.81. The largest absolute Gasteiger partial charge is 0.361 e. The number of para-hydroxylation sites is 1. The first-order valence-electron chi connectivity index (χ1n) is 8.75. The van der Waals surface area contributed by atoms with Crippen molar-refractivity contribution in [2.75, 3.05) is 23.3 Å². The maximum absolute atomic E-state index is 12.6. The van der Waals surface area contributed by atoms with Crippen LogP contribution in [0.3, 0.4) is 0 Å². The summed E-state index contributed by atoms with van der Waals surface area (Å²) in [6, 6.07) is 8.61. The number of aromatic nitrogens is 2. The number of H-pyrrole nitrogens is 1. The van der Waals surface area contributed by atoms with E-state index < -0.39 is 0 Å². The molecule has 2 aromatic rings. The lowest BCUT2D eigenvalue weighted by Gasteiger charge is -2.25. The van der Waals surface area contributed by atoms with Crippen LogP contribution in [-0.4, -0.2) is 29.2 Å². The van der Waals surface area contributed by atoms with Crippen LogP contribution in [0.25, 0.3) is 0 Å². The van der Waals surface area contributed by atoms with Crippen molar-refractivity contribution >= 4 is 17.3 Å². The summed E-state index contributed by atoms with van der Waals surface area (Å²) in [5.74, 6) is 0.0208. The SMILES string of the molecule is Cc1n[nH]c(C)c1NC(=O)CN1CC2(CCCC2)c2ccccc21. The van der Waals surface area contributed by atoms with Crippen LogP contribution in [0.4, 0.5) is 11.4 Å². The molecular formula is C19H24N4O. The minimum atomic E-state index is 0.0208. The number of aromatic amines is 1. The number of aryl methyl sites for hydroxylation is 2. The second-order valence-corrected chi connectivity index (χ2v) is 7.22. The van der Waals surface area contributed by atoms with Gasteiger partial charge in [-0.1, -0.05) is 31.0 Å². The maximum atomic E-state index is 12.6. The molecule has 0 bridgehead atoms. The third-order valence-electron chi connectivity index (χ3n) is 5.60. The Bertz CT molecular complexity index is 754. The van der Waals surface area contributed by atoms with E-state index in [1.807, 2.05) is 13.8 Å². The molecule has 1 aromatic carbocycles. The van der Waals surface area contributed by atoms with Gasteiger partial charge in [0.2, 0.25) is 5.91 Å². The van der Waals surface area contributed by atoms with Gasteiger partial charge in [-0.3, -0.25) is 9.89 Å². The molecule has 0 unspecified atom stereocenters. The molecule has 2 N–H and O–H groups in total. The van der Waals surface area contributed by atoms with E-state index in [2.05, 4.69) is 44.7 Å². The Morgan fingerprint density at radius 2 is 2.04 bits per heavy atom. The summed E-state index contributed by atoms with van der Waals surface area (Å²) < 4.78 is 0. The number of fused-ring (bicyclic) bond motifs is 2. The number of nitrogens with zero attached hydrogens (tertiary/aromatic N) is 2. The van der Waals surface area contributed by atoms with E-state index in [4.69, 9.17) is 0 Å². The fraction of sp³-hybridized carbons (Fsp3) is 0.474. The first-order valence-corrected chi connectivity index (χ1v) is 8.75. The number of anilines is 2. The summed E-state index contributed by atoms with van der Waals surface area (Å²) in [4.78, 5) is 14.8. The Balaban J connectivity index is 1.54. The smallest absolute Gasteiger partial charge is 0.243 e. The number of carbonyl (C=O) groups is 1. The Morgan fingerprint density at radius 1 is 1.29 bits per heavy atom. The van der Waals surface area contributed by atoms with E-state index in [0.29, 0.717) is 6.54 Å². The van der Waals surface area contributed by atoms with E-state index in [0.717, 1.165) is 23.6 Å². The van der Waals surface area contributed by atoms with Gasteiger partial charge < -0.3 is 10.2 Å². The summed E-state index contributed by atoms with van der Waals surface area (Å²) in [6.07, 6.45) is 5.06. The van der Waals surface area contributed by atoms with Crippen LogP contribution >= 0.6 is 0 Å². The first-order chi connectivity index (χ1) is 11.6. The van der Waals surface area contributed by atoms with E-state index in [1.54, 1.807) is 0 Å². The van der Waals surface area contributed by atoms with Crippen LogP contribution in [0, 0.1) is 13.8 Å². The van der Waals surface area contributed by atoms with Crippen molar-refractivity contribution in [2.45, 2.75) is 44.9 Å². The highest BCUT2D eigenvalue weighted by molar-refractivity contribution is 5.95. The molecule has 4 rings (SSSR count). The van der Waals surface area contributed by atoms with Gasteiger partial charge in [-0.05, 0) is 38.3 Å². The molecular weight excluding hydrogens is 300 g/mol. The van der Waals surface area contributed by atoms with Gasteiger partial charge in [0.05, 0.1) is 23.6 Å². The van der Waals surface area contributed by atoms with E-state index in [-0.39, 0.29) is 11.3 Å². The summed E-state index contributed by atoms with van der Waals surface area (Å²) in [6.45, 7) is 5.18. The summed E-state index contributed by atoms with van der Waals surface area (Å²) in [5.41, 5.74) is 5.47. The Labute approximate surface area is 142 Å². The van der Waals surface area contributed by atoms with Crippen molar-refractivity contribution in [1.29, 1.82) is 0 Å². The Hall–Kier alpha value is -2.30. The third kappa shape index (κ3) is 2.39. The molecule has 5 nitrogen and oxygen atoms in total. The van der Waals surface area contributed by atoms with Crippen LogP contribution in [-0.2, 0) is 10.2 Å². The summed E-state index contributed by atoms with van der Waals surface area (Å²) >= 11 is 0. The Morgan fingerprint density at radius 3 is 2.75 bits per heavy atom. The molecule has 1 spiro atoms. The topological polar surface area (TPSA) is 61.0 Å². The van der Waals surface area contributed by atoms with Gasteiger partial charge in [-0.25, -0.2) is 0 Å². The highest BCUT2D eigenvalue weighted by Crippen LogP contribution is 2.50. The molecule has 2 heterocycles. The van der Waals surface area contributed by atoms with Gasteiger partial charge >= 0.3 is 0 Å². The Kier molecular flexibility index (Phi) is 3.59. The van der Waals surface area contributed by atoms with Crippen molar-refractivity contribution < 1.29 is 4.79 Å². The molecule has 2 aliphatic rings. The number of carbonyl (C=O) groups excluding carboxylic acids is 1. The minimum absolute atomic E-state index is 0.0208. The minimum Gasteiger partial charge on any atom is -0.361 e. The second-order valence-electron chi connectivity index (χ2n) is 7.22. The molecule has 1 fully saturated rings. The monoisotopic (exact) mass is 324 g/mol. The predicted molar refractivity (Wildman–Crippen MR) is 95.5 cm³/mol. The number of benzene rings is 1. The average molecular weight is 324 g/mol. The molecule has 1 amide bonds. The van der Waals surface area contributed by atoms with Gasteiger partial charge in [0, 0.05) is 17.6 Å². The van der Waals surface area contributed by atoms with E-state index >= 15 is 0 Å². The number of nitrogens with one attached hydrogen (secondary N) is 2. The molecule has 126 valence electrons. The molecule has 5 heteroatoms. The van der Waals surface area contributed by atoms with Crippen molar-refractivity contribution in [1.82, 2.24) is 10.2 Å². The highest BCUT2D eigenvalue weighted by atomic mass is 16.2. The standard InChI is InChI=1S/C19H24N4O/c1-13-18(14(2)22-21-13)20-17(24)11-23-12-19(9-5-6-10-19)15-7-3-4-8-16(15)23/h3-4,7-8H,5-6,9-12H2,1-2H3,(H,20,24)(H,21,22). The van der Waals surface area contributed by atoms with Crippen LogP contribution in [0.5, 0.6) is 0 Å². The molecule has 24 heavy (non-hydrogen) atoms. The predicted octanol–water partition coefficient (Wildman–Crippen LogP) is 3.30. The van der Waals surface area contributed by atoms with E-state index in [1.165, 1.54) is 36.9 Å².